The number of benzene rings is 1. The Balaban J connectivity index is 1.96. The maximum absolute atomic E-state index is 10.4. The van der Waals surface area contributed by atoms with Gasteiger partial charge in [-0.2, -0.15) is 0 Å². The summed E-state index contributed by atoms with van der Waals surface area (Å²) < 4.78 is 0. The Morgan fingerprint density at radius 1 is 1.26 bits per heavy atom. The molecule has 1 heterocycles. The van der Waals surface area contributed by atoms with E-state index in [4.69, 9.17) is 5.73 Å². The lowest BCUT2D eigenvalue weighted by Crippen LogP contribution is -2.36. The average Bonchev–Trinajstić information content (AvgIpc) is 2.64. The van der Waals surface area contributed by atoms with Gasteiger partial charge in [-0.05, 0) is 37.4 Å². The van der Waals surface area contributed by atoms with Crippen molar-refractivity contribution in [3.05, 3.63) is 35.4 Å². The molecule has 0 spiro atoms. The standard InChI is InChI=1S/C16H26N2O/c1-13-5-3-2-4-10-18(13)12-16(19)15-8-6-14(11-17)7-9-15/h6-9,13,16,19H,2-5,10-12,17H2,1H3. The lowest BCUT2D eigenvalue weighted by atomic mass is 10.1. The SMILES string of the molecule is CC1CCCCCN1CC(O)c1ccc(CN)cc1. The Labute approximate surface area is 116 Å². The van der Waals surface area contributed by atoms with Crippen LogP contribution in [-0.2, 0) is 6.54 Å². The molecule has 3 N–H and O–H groups in total. The van der Waals surface area contributed by atoms with E-state index in [-0.39, 0.29) is 0 Å². The van der Waals surface area contributed by atoms with Crippen molar-refractivity contribution in [1.82, 2.24) is 4.90 Å². The van der Waals surface area contributed by atoms with Crippen LogP contribution in [0.2, 0.25) is 0 Å². The first kappa shape index (κ1) is 14.5. The highest BCUT2D eigenvalue weighted by molar-refractivity contribution is 5.24. The molecule has 2 atom stereocenters. The first-order valence-corrected chi connectivity index (χ1v) is 7.41. The van der Waals surface area contributed by atoms with Crippen LogP contribution in [0, 0.1) is 0 Å². The van der Waals surface area contributed by atoms with E-state index in [0.29, 0.717) is 12.6 Å². The van der Waals surface area contributed by atoms with Crippen LogP contribution in [0.3, 0.4) is 0 Å². The summed E-state index contributed by atoms with van der Waals surface area (Å²) >= 11 is 0. The van der Waals surface area contributed by atoms with Crippen molar-refractivity contribution >= 4 is 0 Å². The Bertz CT molecular complexity index is 377. The second kappa shape index (κ2) is 7.04. The maximum Gasteiger partial charge on any atom is 0.0917 e. The summed E-state index contributed by atoms with van der Waals surface area (Å²) in [4.78, 5) is 2.43. The van der Waals surface area contributed by atoms with E-state index in [0.717, 1.165) is 24.2 Å². The highest BCUT2D eigenvalue weighted by Gasteiger charge is 2.20. The zero-order chi connectivity index (χ0) is 13.7. The van der Waals surface area contributed by atoms with Crippen molar-refractivity contribution in [2.45, 2.75) is 51.3 Å². The normalized spacial score (nSPS) is 23.0. The molecule has 1 saturated heterocycles. The molecule has 19 heavy (non-hydrogen) atoms. The fourth-order valence-corrected chi connectivity index (χ4v) is 2.81. The smallest absolute Gasteiger partial charge is 0.0917 e. The van der Waals surface area contributed by atoms with Crippen molar-refractivity contribution in [1.29, 1.82) is 0 Å². The quantitative estimate of drug-likeness (QED) is 0.876. The zero-order valence-electron chi connectivity index (χ0n) is 11.9. The van der Waals surface area contributed by atoms with E-state index >= 15 is 0 Å². The largest absolute Gasteiger partial charge is 0.387 e. The predicted molar refractivity (Wildman–Crippen MR) is 78.8 cm³/mol. The molecule has 1 aromatic rings. The van der Waals surface area contributed by atoms with E-state index < -0.39 is 6.10 Å². The molecule has 0 saturated carbocycles. The molecule has 2 rings (SSSR count). The number of hydrogen-bond donors (Lipinski definition) is 2. The predicted octanol–water partition coefficient (Wildman–Crippen LogP) is 2.44. The van der Waals surface area contributed by atoms with E-state index in [1.54, 1.807) is 0 Å². The van der Waals surface area contributed by atoms with Crippen molar-refractivity contribution in [2.75, 3.05) is 13.1 Å². The number of rotatable bonds is 4. The first-order chi connectivity index (χ1) is 9.20. The monoisotopic (exact) mass is 262 g/mol. The molecule has 1 aliphatic heterocycles. The van der Waals surface area contributed by atoms with Crippen LogP contribution in [0.15, 0.2) is 24.3 Å². The van der Waals surface area contributed by atoms with Crippen LogP contribution >= 0.6 is 0 Å². The van der Waals surface area contributed by atoms with Gasteiger partial charge in [0, 0.05) is 19.1 Å². The molecule has 1 aliphatic rings. The van der Waals surface area contributed by atoms with Gasteiger partial charge in [-0.3, -0.25) is 4.90 Å². The topological polar surface area (TPSA) is 49.5 Å². The third kappa shape index (κ3) is 4.03. The van der Waals surface area contributed by atoms with Crippen LogP contribution < -0.4 is 5.73 Å². The molecule has 3 nitrogen and oxygen atoms in total. The fraction of sp³-hybridized carbons (Fsp3) is 0.625. The number of nitrogens with zero attached hydrogens (tertiary/aromatic N) is 1. The molecular weight excluding hydrogens is 236 g/mol. The van der Waals surface area contributed by atoms with E-state index in [1.165, 1.54) is 25.7 Å². The second-order valence-electron chi connectivity index (χ2n) is 5.65. The minimum absolute atomic E-state index is 0.396. The van der Waals surface area contributed by atoms with Gasteiger partial charge in [-0.15, -0.1) is 0 Å². The van der Waals surface area contributed by atoms with Gasteiger partial charge in [0.25, 0.3) is 0 Å². The first-order valence-electron chi connectivity index (χ1n) is 7.41. The second-order valence-corrected chi connectivity index (χ2v) is 5.65. The lowest BCUT2D eigenvalue weighted by Gasteiger charge is -2.29. The molecule has 0 amide bonds. The van der Waals surface area contributed by atoms with Crippen LogP contribution in [0.5, 0.6) is 0 Å². The van der Waals surface area contributed by atoms with E-state index in [2.05, 4.69) is 11.8 Å². The molecule has 106 valence electrons. The number of nitrogens with two attached hydrogens (primary N) is 1. The van der Waals surface area contributed by atoms with Crippen LogP contribution in [0.25, 0.3) is 0 Å². The van der Waals surface area contributed by atoms with Gasteiger partial charge in [0.2, 0.25) is 0 Å². The summed E-state index contributed by atoms with van der Waals surface area (Å²) in [5, 5.41) is 10.4. The molecule has 1 aromatic carbocycles. The van der Waals surface area contributed by atoms with Gasteiger partial charge in [0.1, 0.15) is 0 Å². The molecular formula is C16H26N2O. The Morgan fingerprint density at radius 2 is 2.00 bits per heavy atom. The number of likely N-dealkylation sites (tertiary alicyclic amines) is 1. The summed E-state index contributed by atoms with van der Waals surface area (Å²) in [6.45, 7) is 4.68. The zero-order valence-corrected chi connectivity index (χ0v) is 11.9. The summed E-state index contributed by atoms with van der Waals surface area (Å²) in [6, 6.07) is 8.58. The van der Waals surface area contributed by atoms with E-state index in [1.807, 2.05) is 24.3 Å². The Morgan fingerprint density at radius 3 is 2.68 bits per heavy atom. The van der Waals surface area contributed by atoms with E-state index in [9.17, 15) is 5.11 Å². The van der Waals surface area contributed by atoms with Crippen molar-refractivity contribution in [2.24, 2.45) is 5.73 Å². The van der Waals surface area contributed by atoms with Gasteiger partial charge in [0.15, 0.2) is 0 Å². The van der Waals surface area contributed by atoms with Gasteiger partial charge in [-0.25, -0.2) is 0 Å². The summed E-state index contributed by atoms with van der Waals surface area (Å²) in [6.07, 6.45) is 4.75. The fourth-order valence-electron chi connectivity index (χ4n) is 2.81. The maximum atomic E-state index is 10.4. The van der Waals surface area contributed by atoms with Crippen molar-refractivity contribution in [3.63, 3.8) is 0 Å². The van der Waals surface area contributed by atoms with Gasteiger partial charge < -0.3 is 10.8 Å². The third-order valence-electron chi connectivity index (χ3n) is 4.20. The van der Waals surface area contributed by atoms with Crippen LogP contribution in [-0.4, -0.2) is 29.1 Å². The minimum atomic E-state index is -0.396. The lowest BCUT2D eigenvalue weighted by molar-refractivity contribution is 0.0928. The molecule has 0 aliphatic carbocycles. The van der Waals surface area contributed by atoms with Gasteiger partial charge >= 0.3 is 0 Å². The Kier molecular flexibility index (Phi) is 5.37. The molecule has 1 fully saturated rings. The minimum Gasteiger partial charge on any atom is -0.387 e. The third-order valence-corrected chi connectivity index (χ3v) is 4.20. The molecule has 3 heteroatoms. The number of aliphatic hydroxyl groups excluding tert-OH is 1. The molecule has 0 bridgehead atoms. The molecule has 2 unspecified atom stereocenters. The number of aliphatic hydroxyl groups is 1. The summed E-state index contributed by atoms with van der Waals surface area (Å²) in [5.41, 5.74) is 7.69. The average molecular weight is 262 g/mol. The number of β-amino-alcohol motifs (C(OH)–C–C–N with tert-alkyl or cyclic N) is 1. The van der Waals surface area contributed by atoms with Crippen LogP contribution in [0.4, 0.5) is 0 Å². The van der Waals surface area contributed by atoms with Crippen molar-refractivity contribution < 1.29 is 5.11 Å². The Hall–Kier alpha value is -0.900. The van der Waals surface area contributed by atoms with Gasteiger partial charge in [0.05, 0.1) is 6.10 Å². The number of hydrogen-bond acceptors (Lipinski definition) is 3. The summed E-state index contributed by atoms with van der Waals surface area (Å²) in [5.74, 6) is 0. The highest BCUT2D eigenvalue weighted by Crippen LogP contribution is 2.21. The highest BCUT2D eigenvalue weighted by atomic mass is 16.3. The molecule has 0 aromatic heterocycles. The van der Waals surface area contributed by atoms with Crippen LogP contribution in [0.1, 0.15) is 49.8 Å². The van der Waals surface area contributed by atoms with Gasteiger partial charge in [-0.1, -0.05) is 37.1 Å². The van der Waals surface area contributed by atoms with Crippen molar-refractivity contribution in [3.8, 4) is 0 Å². The molecule has 0 radical (unpaired) electrons. The summed E-state index contributed by atoms with van der Waals surface area (Å²) in [7, 11) is 0.